The first-order valence-corrected chi connectivity index (χ1v) is 9.24. The number of nitrogen functional groups attached to an aromatic ring is 1. The van der Waals surface area contributed by atoms with Crippen LogP contribution in [-0.2, 0) is 0 Å². The highest BCUT2D eigenvalue weighted by Crippen LogP contribution is 2.22. The molecule has 10 heteroatoms. The zero-order valence-corrected chi connectivity index (χ0v) is 16.4. The fourth-order valence-electron chi connectivity index (χ4n) is 2.93. The number of halogens is 1. The van der Waals surface area contributed by atoms with Gasteiger partial charge in [-0.2, -0.15) is 10.2 Å². The number of H-pyrrole nitrogens is 1. The lowest BCUT2D eigenvalue weighted by molar-refractivity contribution is 0.101. The summed E-state index contributed by atoms with van der Waals surface area (Å²) in [5.74, 6) is -0.671. The second-order valence-corrected chi connectivity index (χ2v) is 6.74. The smallest absolute Gasteiger partial charge is 0.261 e. The number of carbonyl (C=O) groups excluding carboxylic acids is 2. The molecule has 156 valence electrons. The predicted molar refractivity (Wildman–Crippen MR) is 114 cm³/mol. The van der Waals surface area contributed by atoms with Crippen LogP contribution >= 0.6 is 0 Å². The van der Waals surface area contributed by atoms with E-state index in [4.69, 9.17) is 5.73 Å². The largest absolute Gasteiger partial charge is 0.383 e. The normalized spacial score (nSPS) is 10.6. The zero-order chi connectivity index (χ0) is 22.0. The quantitative estimate of drug-likeness (QED) is 0.395. The van der Waals surface area contributed by atoms with E-state index in [2.05, 4.69) is 25.9 Å². The van der Waals surface area contributed by atoms with Crippen molar-refractivity contribution in [3.8, 4) is 5.69 Å². The van der Waals surface area contributed by atoms with Gasteiger partial charge >= 0.3 is 0 Å². The maximum Gasteiger partial charge on any atom is 0.261 e. The molecule has 5 N–H and O–H groups in total. The van der Waals surface area contributed by atoms with Gasteiger partial charge in [0.1, 0.15) is 23.0 Å². The fourth-order valence-corrected chi connectivity index (χ4v) is 2.93. The van der Waals surface area contributed by atoms with E-state index in [9.17, 15) is 14.0 Å². The van der Waals surface area contributed by atoms with Gasteiger partial charge in [-0.05, 0) is 48.9 Å². The van der Waals surface area contributed by atoms with Gasteiger partial charge in [-0.25, -0.2) is 9.07 Å². The molecular formula is C21H18FN7O2. The Bertz CT molecular complexity index is 1250. The van der Waals surface area contributed by atoms with Crippen molar-refractivity contribution in [3.63, 3.8) is 0 Å². The number of hydrogen-bond donors (Lipinski definition) is 4. The zero-order valence-electron chi connectivity index (χ0n) is 16.4. The Hall–Kier alpha value is -4.47. The molecule has 0 saturated heterocycles. The standard InChI is InChI=1S/C21H18FN7O2/c1-12-2-3-13(20(30)27-18-8-9-24-28-18)10-17(12)26-21(31)16-11-25-29(19(16)23)15-6-4-14(22)5-7-15/h2-11H,23H2,1H3,(H,26,31)(H2,24,27,28,30). The van der Waals surface area contributed by atoms with Crippen LogP contribution in [0.3, 0.4) is 0 Å². The first-order valence-electron chi connectivity index (χ1n) is 9.24. The van der Waals surface area contributed by atoms with E-state index in [1.807, 2.05) is 0 Å². The van der Waals surface area contributed by atoms with Crippen molar-refractivity contribution in [3.05, 3.63) is 83.4 Å². The Kier molecular flexibility index (Phi) is 5.19. The monoisotopic (exact) mass is 419 g/mol. The molecule has 0 fully saturated rings. The highest BCUT2D eigenvalue weighted by atomic mass is 19.1. The Labute approximate surface area is 176 Å². The average Bonchev–Trinajstić information content (AvgIpc) is 3.40. The minimum atomic E-state index is -0.486. The van der Waals surface area contributed by atoms with E-state index in [0.29, 0.717) is 22.8 Å². The second-order valence-electron chi connectivity index (χ2n) is 6.74. The molecule has 0 aliphatic rings. The molecule has 31 heavy (non-hydrogen) atoms. The summed E-state index contributed by atoms with van der Waals surface area (Å²) in [6, 6.07) is 12.1. The summed E-state index contributed by atoms with van der Waals surface area (Å²) in [6.07, 6.45) is 2.85. The molecule has 2 heterocycles. The molecule has 2 aromatic carbocycles. The van der Waals surface area contributed by atoms with E-state index in [0.717, 1.165) is 5.56 Å². The summed E-state index contributed by atoms with van der Waals surface area (Å²) in [6.45, 7) is 1.80. The van der Waals surface area contributed by atoms with Crippen LogP contribution < -0.4 is 16.4 Å². The number of nitrogens with zero attached hydrogens (tertiary/aromatic N) is 3. The number of anilines is 3. The molecule has 4 aromatic rings. The number of aryl methyl sites for hydroxylation is 1. The van der Waals surface area contributed by atoms with Gasteiger partial charge in [0, 0.05) is 17.3 Å². The van der Waals surface area contributed by atoms with Gasteiger partial charge < -0.3 is 16.4 Å². The van der Waals surface area contributed by atoms with Crippen LogP contribution in [0.25, 0.3) is 5.69 Å². The third kappa shape index (κ3) is 4.13. The summed E-state index contributed by atoms with van der Waals surface area (Å²) in [7, 11) is 0. The Morgan fingerprint density at radius 2 is 1.84 bits per heavy atom. The van der Waals surface area contributed by atoms with Gasteiger partial charge in [-0.15, -0.1) is 0 Å². The lowest BCUT2D eigenvalue weighted by Gasteiger charge is -2.11. The third-order valence-corrected chi connectivity index (χ3v) is 4.62. The van der Waals surface area contributed by atoms with Gasteiger partial charge in [-0.1, -0.05) is 6.07 Å². The molecular weight excluding hydrogens is 401 g/mol. The van der Waals surface area contributed by atoms with Gasteiger partial charge in [0.05, 0.1) is 18.1 Å². The Morgan fingerprint density at radius 1 is 1.06 bits per heavy atom. The van der Waals surface area contributed by atoms with Crippen LogP contribution in [-0.4, -0.2) is 31.8 Å². The van der Waals surface area contributed by atoms with Gasteiger partial charge in [-0.3, -0.25) is 14.7 Å². The molecule has 4 rings (SSSR count). The van der Waals surface area contributed by atoms with Crippen molar-refractivity contribution in [2.24, 2.45) is 0 Å². The van der Waals surface area contributed by atoms with Crippen molar-refractivity contribution in [2.45, 2.75) is 6.92 Å². The number of nitrogens with one attached hydrogen (secondary N) is 3. The van der Waals surface area contributed by atoms with Crippen LogP contribution in [0.2, 0.25) is 0 Å². The highest BCUT2D eigenvalue weighted by molar-refractivity contribution is 6.09. The van der Waals surface area contributed by atoms with E-state index in [1.165, 1.54) is 41.3 Å². The van der Waals surface area contributed by atoms with Gasteiger partial charge in [0.15, 0.2) is 0 Å². The molecule has 0 unspecified atom stereocenters. The summed E-state index contributed by atoms with van der Waals surface area (Å²) in [5, 5.41) is 16.0. The molecule has 2 amide bonds. The number of benzene rings is 2. The second kappa shape index (κ2) is 8.11. The van der Waals surface area contributed by atoms with Crippen molar-refractivity contribution in [1.29, 1.82) is 0 Å². The van der Waals surface area contributed by atoms with Gasteiger partial charge in [0.25, 0.3) is 11.8 Å². The molecule has 9 nitrogen and oxygen atoms in total. The first kappa shape index (κ1) is 19.8. The fraction of sp³-hybridized carbons (Fsp3) is 0.0476. The van der Waals surface area contributed by atoms with E-state index in [-0.39, 0.29) is 23.1 Å². The summed E-state index contributed by atoms with van der Waals surface area (Å²) < 4.78 is 14.5. The molecule has 0 bridgehead atoms. The van der Waals surface area contributed by atoms with Crippen LogP contribution in [0.4, 0.5) is 21.7 Å². The SMILES string of the molecule is Cc1ccc(C(=O)Nc2ccn[nH]2)cc1NC(=O)c1cnn(-c2ccc(F)cc2)c1N. The molecule has 0 radical (unpaired) electrons. The van der Waals surface area contributed by atoms with Crippen molar-refractivity contribution in [2.75, 3.05) is 16.4 Å². The number of hydrogen-bond acceptors (Lipinski definition) is 5. The molecule has 0 aliphatic heterocycles. The Morgan fingerprint density at radius 3 is 2.55 bits per heavy atom. The lowest BCUT2D eigenvalue weighted by atomic mass is 10.1. The maximum absolute atomic E-state index is 13.2. The molecule has 0 spiro atoms. The van der Waals surface area contributed by atoms with Crippen molar-refractivity contribution < 1.29 is 14.0 Å². The van der Waals surface area contributed by atoms with E-state index < -0.39 is 5.91 Å². The number of aromatic amines is 1. The number of aromatic nitrogens is 4. The number of carbonyl (C=O) groups is 2. The number of rotatable bonds is 5. The predicted octanol–water partition coefficient (Wildman–Crippen LogP) is 3.13. The minimum Gasteiger partial charge on any atom is -0.383 e. The van der Waals surface area contributed by atoms with Crippen LogP contribution in [0, 0.1) is 12.7 Å². The van der Waals surface area contributed by atoms with Gasteiger partial charge in [0.2, 0.25) is 0 Å². The molecule has 2 aromatic heterocycles. The van der Waals surface area contributed by atoms with Crippen LogP contribution in [0.1, 0.15) is 26.3 Å². The summed E-state index contributed by atoms with van der Waals surface area (Å²) in [4.78, 5) is 25.2. The van der Waals surface area contributed by atoms with Crippen LogP contribution in [0.15, 0.2) is 60.9 Å². The van der Waals surface area contributed by atoms with E-state index >= 15 is 0 Å². The van der Waals surface area contributed by atoms with Crippen molar-refractivity contribution in [1.82, 2.24) is 20.0 Å². The molecule has 0 saturated carbocycles. The number of nitrogens with two attached hydrogens (primary N) is 1. The maximum atomic E-state index is 13.2. The number of amides is 2. The summed E-state index contributed by atoms with van der Waals surface area (Å²) in [5.41, 5.74) is 8.33. The van der Waals surface area contributed by atoms with Crippen LogP contribution in [0.5, 0.6) is 0 Å². The first-order chi connectivity index (χ1) is 14.9. The summed E-state index contributed by atoms with van der Waals surface area (Å²) >= 11 is 0. The highest BCUT2D eigenvalue weighted by Gasteiger charge is 2.18. The third-order valence-electron chi connectivity index (χ3n) is 4.62. The molecule has 0 atom stereocenters. The average molecular weight is 419 g/mol. The topological polar surface area (TPSA) is 131 Å². The van der Waals surface area contributed by atoms with E-state index in [1.54, 1.807) is 31.2 Å². The minimum absolute atomic E-state index is 0.106. The Balaban J connectivity index is 1.55. The lowest BCUT2D eigenvalue weighted by Crippen LogP contribution is -2.16. The van der Waals surface area contributed by atoms with Crippen molar-refractivity contribution >= 4 is 29.1 Å². The molecule has 0 aliphatic carbocycles.